The third-order valence-corrected chi connectivity index (χ3v) is 4.71. The van der Waals surface area contributed by atoms with Crippen molar-refractivity contribution in [2.24, 2.45) is 0 Å². The van der Waals surface area contributed by atoms with Crippen molar-refractivity contribution < 1.29 is 4.39 Å². The Balaban J connectivity index is 2.04. The van der Waals surface area contributed by atoms with Gasteiger partial charge in [-0.05, 0) is 48.9 Å². The highest BCUT2D eigenvalue weighted by molar-refractivity contribution is 9.10. The first-order valence-electron chi connectivity index (χ1n) is 7.06. The maximum atomic E-state index is 13.1. The molecule has 1 atom stereocenters. The first kappa shape index (κ1) is 16.5. The standard InChI is InChI=1S/C17H19BrFNS/c1-2-10-20-17(13-6-8-15(19)9-7-13)12-21-16-5-3-4-14(18)11-16/h3-9,11,17,20H,2,10,12H2,1H3. The molecule has 2 rings (SSSR count). The van der Waals surface area contributed by atoms with Crippen molar-refractivity contribution in [2.75, 3.05) is 12.3 Å². The summed E-state index contributed by atoms with van der Waals surface area (Å²) >= 11 is 5.30. The molecule has 112 valence electrons. The van der Waals surface area contributed by atoms with Crippen LogP contribution in [0.15, 0.2) is 57.9 Å². The summed E-state index contributed by atoms with van der Waals surface area (Å²) in [6.45, 7) is 3.11. The molecule has 21 heavy (non-hydrogen) atoms. The molecule has 0 aliphatic heterocycles. The van der Waals surface area contributed by atoms with Crippen LogP contribution in [0.5, 0.6) is 0 Å². The predicted octanol–water partition coefficient (Wildman–Crippen LogP) is 5.42. The van der Waals surface area contributed by atoms with Crippen LogP contribution in [0.1, 0.15) is 24.9 Å². The summed E-state index contributed by atoms with van der Waals surface area (Å²) in [4.78, 5) is 1.23. The third kappa shape index (κ3) is 5.46. The molecule has 0 bridgehead atoms. The average molecular weight is 368 g/mol. The van der Waals surface area contributed by atoms with Crippen molar-refractivity contribution in [3.63, 3.8) is 0 Å². The van der Waals surface area contributed by atoms with E-state index in [9.17, 15) is 4.39 Å². The van der Waals surface area contributed by atoms with Gasteiger partial charge in [-0.3, -0.25) is 0 Å². The number of hydrogen-bond donors (Lipinski definition) is 1. The quantitative estimate of drug-likeness (QED) is 0.655. The fourth-order valence-corrected chi connectivity index (χ4v) is 3.63. The predicted molar refractivity (Wildman–Crippen MR) is 92.3 cm³/mol. The van der Waals surface area contributed by atoms with E-state index in [0.29, 0.717) is 0 Å². The Hall–Kier alpha value is -0.840. The highest BCUT2D eigenvalue weighted by atomic mass is 79.9. The SMILES string of the molecule is CCCNC(CSc1cccc(Br)c1)c1ccc(F)cc1. The zero-order chi connectivity index (χ0) is 15.1. The van der Waals surface area contributed by atoms with Gasteiger partial charge >= 0.3 is 0 Å². The molecule has 1 nitrogen and oxygen atoms in total. The fraction of sp³-hybridized carbons (Fsp3) is 0.294. The van der Waals surface area contributed by atoms with Gasteiger partial charge in [-0.2, -0.15) is 0 Å². The molecule has 0 aromatic heterocycles. The zero-order valence-electron chi connectivity index (χ0n) is 12.0. The summed E-state index contributed by atoms with van der Waals surface area (Å²) in [5.41, 5.74) is 1.13. The minimum Gasteiger partial charge on any atom is -0.309 e. The van der Waals surface area contributed by atoms with E-state index in [1.165, 1.54) is 17.0 Å². The van der Waals surface area contributed by atoms with Gasteiger partial charge in [-0.25, -0.2) is 4.39 Å². The topological polar surface area (TPSA) is 12.0 Å². The van der Waals surface area contributed by atoms with E-state index < -0.39 is 0 Å². The van der Waals surface area contributed by atoms with Crippen molar-refractivity contribution in [3.05, 3.63) is 64.4 Å². The lowest BCUT2D eigenvalue weighted by Crippen LogP contribution is -2.24. The number of benzene rings is 2. The molecule has 2 aromatic rings. The van der Waals surface area contributed by atoms with Gasteiger partial charge in [0.1, 0.15) is 5.82 Å². The monoisotopic (exact) mass is 367 g/mol. The van der Waals surface area contributed by atoms with Gasteiger partial charge in [0.2, 0.25) is 0 Å². The summed E-state index contributed by atoms with van der Waals surface area (Å²) in [6, 6.07) is 15.3. The number of thioether (sulfide) groups is 1. The van der Waals surface area contributed by atoms with Crippen molar-refractivity contribution >= 4 is 27.7 Å². The van der Waals surface area contributed by atoms with Crippen molar-refractivity contribution in [1.29, 1.82) is 0 Å². The van der Waals surface area contributed by atoms with Crippen molar-refractivity contribution in [2.45, 2.75) is 24.3 Å². The Morgan fingerprint density at radius 2 is 1.95 bits per heavy atom. The summed E-state index contributed by atoms with van der Waals surface area (Å²) in [5, 5.41) is 3.54. The van der Waals surface area contributed by atoms with Gasteiger partial charge < -0.3 is 5.32 Å². The molecule has 0 saturated heterocycles. The molecular formula is C17H19BrFNS. The number of hydrogen-bond acceptors (Lipinski definition) is 2. The highest BCUT2D eigenvalue weighted by Gasteiger charge is 2.11. The minimum absolute atomic E-state index is 0.187. The van der Waals surface area contributed by atoms with Gasteiger partial charge in [0.25, 0.3) is 0 Å². The molecule has 4 heteroatoms. The second-order valence-corrected chi connectivity index (χ2v) is 6.84. The van der Waals surface area contributed by atoms with Crippen LogP contribution >= 0.6 is 27.7 Å². The normalized spacial score (nSPS) is 12.3. The summed E-state index contributed by atoms with van der Waals surface area (Å²) in [7, 11) is 0. The molecule has 0 radical (unpaired) electrons. The average Bonchev–Trinajstić information content (AvgIpc) is 2.49. The van der Waals surface area contributed by atoms with E-state index >= 15 is 0 Å². The third-order valence-electron chi connectivity index (χ3n) is 3.13. The molecule has 0 spiro atoms. The highest BCUT2D eigenvalue weighted by Crippen LogP contribution is 2.27. The van der Waals surface area contributed by atoms with E-state index in [1.54, 1.807) is 11.8 Å². The molecule has 0 heterocycles. The van der Waals surface area contributed by atoms with E-state index in [4.69, 9.17) is 0 Å². The first-order chi connectivity index (χ1) is 10.2. The fourth-order valence-electron chi connectivity index (χ4n) is 2.02. The van der Waals surface area contributed by atoms with Gasteiger partial charge in [-0.15, -0.1) is 11.8 Å². The molecule has 1 N–H and O–H groups in total. The van der Waals surface area contributed by atoms with E-state index in [-0.39, 0.29) is 11.9 Å². The Bertz CT molecular complexity index is 559. The first-order valence-corrected chi connectivity index (χ1v) is 8.84. The number of nitrogens with one attached hydrogen (secondary N) is 1. The van der Waals surface area contributed by atoms with Gasteiger partial charge in [0.05, 0.1) is 0 Å². The van der Waals surface area contributed by atoms with Gasteiger partial charge in [0, 0.05) is 21.2 Å². The minimum atomic E-state index is -0.187. The Kier molecular flexibility index (Phi) is 6.74. The summed E-state index contributed by atoms with van der Waals surface area (Å²) in [5.74, 6) is 0.731. The number of rotatable bonds is 7. The molecule has 0 fully saturated rings. The second-order valence-electron chi connectivity index (χ2n) is 4.83. The van der Waals surface area contributed by atoms with Crippen LogP contribution in [0.2, 0.25) is 0 Å². The Morgan fingerprint density at radius 3 is 2.62 bits per heavy atom. The molecular weight excluding hydrogens is 349 g/mol. The molecule has 0 aliphatic rings. The molecule has 0 saturated carbocycles. The van der Waals surface area contributed by atoms with Crippen molar-refractivity contribution in [1.82, 2.24) is 5.32 Å². The van der Waals surface area contributed by atoms with Crippen LogP contribution in [0.3, 0.4) is 0 Å². The second kappa shape index (κ2) is 8.57. The molecule has 0 aliphatic carbocycles. The van der Waals surface area contributed by atoms with Gasteiger partial charge in [-0.1, -0.05) is 41.1 Å². The van der Waals surface area contributed by atoms with Gasteiger partial charge in [0.15, 0.2) is 0 Å². The maximum absolute atomic E-state index is 13.1. The zero-order valence-corrected chi connectivity index (χ0v) is 14.4. The smallest absolute Gasteiger partial charge is 0.123 e. The van der Waals surface area contributed by atoms with E-state index in [0.717, 1.165) is 28.8 Å². The summed E-state index contributed by atoms with van der Waals surface area (Å²) < 4.78 is 14.2. The maximum Gasteiger partial charge on any atom is 0.123 e. The van der Waals surface area contributed by atoms with Crippen LogP contribution < -0.4 is 5.32 Å². The van der Waals surface area contributed by atoms with Crippen molar-refractivity contribution in [3.8, 4) is 0 Å². The van der Waals surface area contributed by atoms with Crippen LogP contribution in [0.25, 0.3) is 0 Å². The van der Waals surface area contributed by atoms with Crippen LogP contribution in [0, 0.1) is 5.82 Å². The number of halogens is 2. The Labute approximate surface area is 138 Å². The lowest BCUT2D eigenvalue weighted by molar-refractivity contribution is 0.574. The largest absolute Gasteiger partial charge is 0.309 e. The summed E-state index contributed by atoms with van der Waals surface area (Å²) in [6.07, 6.45) is 1.08. The van der Waals surface area contributed by atoms with Crippen LogP contribution in [0.4, 0.5) is 4.39 Å². The lowest BCUT2D eigenvalue weighted by atomic mass is 10.1. The van der Waals surface area contributed by atoms with E-state index in [2.05, 4.69) is 40.3 Å². The Morgan fingerprint density at radius 1 is 1.19 bits per heavy atom. The molecule has 0 amide bonds. The lowest BCUT2D eigenvalue weighted by Gasteiger charge is -2.19. The van der Waals surface area contributed by atoms with Crippen LogP contribution in [-0.2, 0) is 0 Å². The molecule has 1 unspecified atom stereocenters. The van der Waals surface area contributed by atoms with Crippen LogP contribution in [-0.4, -0.2) is 12.3 Å². The van der Waals surface area contributed by atoms with E-state index in [1.807, 2.05) is 24.3 Å². The molecule has 2 aromatic carbocycles.